The second-order valence-corrected chi connectivity index (χ2v) is 8.56. The van der Waals surface area contributed by atoms with Crippen LogP contribution in [0.15, 0.2) is 66.3 Å². The Bertz CT molecular complexity index is 1360. The Morgan fingerprint density at radius 3 is 2.76 bits per heavy atom. The number of rotatable bonds is 8. The fourth-order valence-corrected chi connectivity index (χ4v) is 4.40. The minimum Gasteiger partial charge on any atom is -0.493 e. The van der Waals surface area contributed by atoms with Crippen LogP contribution < -0.4 is 15.8 Å². The van der Waals surface area contributed by atoms with E-state index in [1.54, 1.807) is 17.5 Å². The van der Waals surface area contributed by atoms with Crippen LogP contribution in [-0.2, 0) is 6.54 Å². The van der Waals surface area contributed by atoms with Crippen molar-refractivity contribution in [1.29, 1.82) is 0 Å². The summed E-state index contributed by atoms with van der Waals surface area (Å²) >= 11 is 1.74. The summed E-state index contributed by atoms with van der Waals surface area (Å²) in [7, 11) is 0. The molecule has 0 amide bonds. The quantitative estimate of drug-likeness (QED) is 0.276. The maximum atomic E-state index is 6.10. The van der Waals surface area contributed by atoms with E-state index in [0.717, 1.165) is 40.3 Å². The molecule has 8 heteroatoms. The Morgan fingerprint density at radius 1 is 1.12 bits per heavy atom. The normalized spacial score (nSPS) is 11.1. The van der Waals surface area contributed by atoms with Gasteiger partial charge in [0.2, 0.25) is 5.95 Å². The highest BCUT2D eigenvalue weighted by Crippen LogP contribution is 2.36. The van der Waals surface area contributed by atoms with Crippen molar-refractivity contribution in [3.63, 3.8) is 0 Å². The molecule has 0 atom stereocenters. The van der Waals surface area contributed by atoms with Gasteiger partial charge >= 0.3 is 0 Å². The second kappa shape index (κ2) is 9.30. The summed E-state index contributed by atoms with van der Waals surface area (Å²) in [6, 6.07) is 16.6. The molecular weight excluding hydrogens is 432 g/mol. The zero-order valence-electron chi connectivity index (χ0n) is 18.2. The molecule has 0 aliphatic carbocycles. The van der Waals surface area contributed by atoms with Crippen molar-refractivity contribution in [2.24, 2.45) is 0 Å². The second-order valence-electron chi connectivity index (χ2n) is 7.61. The minimum absolute atomic E-state index is 0.231. The SMILES string of the molecule is CCCOc1cc(NCc2ccc(-c3cccs3)cc2)nc2[nH]cc(-c3ccnc(N)n3)c12. The lowest BCUT2D eigenvalue weighted by Gasteiger charge is -2.12. The van der Waals surface area contributed by atoms with E-state index < -0.39 is 0 Å². The van der Waals surface area contributed by atoms with Crippen molar-refractivity contribution in [2.45, 2.75) is 19.9 Å². The zero-order chi connectivity index (χ0) is 22.6. The molecule has 4 aromatic heterocycles. The fourth-order valence-electron chi connectivity index (χ4n) is 3.66. The Morgan fingerprint density at radius 2 is 2.00 bits per heavy atom. The molecule has 33 heavy (non-hydrogen) atoms. The number of thiophene rings is 1. The molecule has 7 nitrogen and oxygen atoms in total. The summed E-state index contributed by atoms with van der Waals surface area (Å²) in [5.74, 6) is 1.73. The van der Waals surface area contributed by atoms with E-state index in [-0.39, 0.29) is 5.95 Å². The van der Waals surface area contributed by atoms with Crippen molar-refractivity contribution < 1.29 is 4.74 Å². The Hall–Kier alpha value is -3.91. The van der Waals surface area contributed by atoms with Gasteiger partial charge in [-0.25, -0.2) is 15.0 Å². The molecule has 4 heterocycles. The molecule has 166 valence electrons. The Kier molecular flexibility index (Phi) is 5.91. The maximum absolute atomic E-state index is 6.10. The third-order valence-corrected chi connectivity index (χ3v) is 6.17. The summed E-state index contributed by atoms with van der Waals surface area (Å²) in [5.41, 5.74) is 10.5. The van der Waals surface area contributed by atoms with Gasteiger partial charge in [0, 0.05) is 35.4 Å². The molecule has 0 spiro atoms. The first-order chi connectivity index (χ1) is 16.2. The van der Waals surface area contributed by atoms with Crippen molar-refractivity contribution in [2.75, 3.05) is 17.7 Å². The predicted molar refractivity (Wildman–Crippen MR) is 134 cm³/mol. The molecular formula is C25H24N6OS. The number of H-pyrrole nitrogens is 1. The highest BCUT2D eigenvalue weighted by Gasteiger charge is 2.16. The molecule has 5 aromatic rings. The van der Waals surface area contributed by atoms with Crippen molar-refractivity contribution >= 4 is 34.1 Å². The van der Waals surface area contributed by atoms with Crippen LogP contribution in [0.2, 0.25) is 0 Å². The number of nitrogens with two attached hydrogens (primary N) is 1. The van der Waals surface area contributed by atoms with E-state index in [1.807, 2.05) is 18.3 Å². The monoisotopic (exact) mass is 456 g/mol. The van der Waals surface area contributed by atoms with Crippen LogP contribution in [0.3, 0.4) is 0 Å². The molecule has 0 unspecified atom stereocenters. The number of hydrogen-bond acceptors (Lipinski definition) is 7. The van der Waals surface area contributed by atoms with Gasteiger partial charge in [-0.3, -0.25) is 0 Å². The molecule has 5 rings (SSSR count). The van der Waals surface area contributed by atoms with Crippen molar-refractivity contribution in [1.82, 2.24) is 19.9 Å². The van der Waals surface area contributed by atoms with Crippen LogP contribution in [0.1, 0.15) is 18.9 Å². The predicted octanol–water partition coefficient (Wildman–Crippen LogP) is 5.73. The lowest BCUT2D eigenvalue weighted by atomic mass is 10.1. The topological polar surface area (TPSA) is 102 Å². The molecule has 0 fully saturated rings. The molecule has 0 radical (unpaired) electrons. The average molecular weight is 457 g/mol. The van der Waals surface area contributed by atoms with Crippen LogP contribution >= 0.6 is 11.3 Å². The smallest absolute Gasteiger partial charge is 0.220 e. The molecule has 0 saturated carbocycles. The lowest BCUT2D eigenvalue weighted by molar-refractivity contribution is 0.321. The molecule has 1 aromatic carbocycles. The molecule has 0 aliphatic heterocycles. The number of benzene rings is 1. The third kappa shape index (κ3) is 4.51. The average Bonchev–Trinajstić information content (AvgIpc) is 3.52. The molecule has 0 aliphatic rings. The highest BCUT2D eigenvalue weighted by atomic mass is 32.1. The molecule has 0 saturated heterocycles. The van der Waals surface area contributed by atoms with Crippen LogP contribution in [0.4, 0.5) is 11.8 Å². The largest absolute Gasteiger partial charge is 0.493 e. The summed E-state index contributed by atoms with van der Waals surface area (Å²) in [6.45, 7) is 3.35. The van der Waals surface area contributed by atoms with E-state index in [4.69, 9.17) is 15.5 Å². The number of hydrogen-bond donors (Lipinski definition) is 3. The van der Waals surface area contributed by atoms with Gasteiger partial charge in [0.15, 0.2) is 0 Å². The van der Waals surface area contributed by atoms with Crippen LogP contribution in [0.25, 0.3) is 32.7 Å². The van der Waals surface area contributed by atoms with Gasteiger partial charge in [-0.1, -0.05) is 37.3 Å². The molecule has 4 N–H and O–H groups in total. The van der Waals surface area contributed by atoms with Gasteiger partial charge in [0.25, 0.3) is 0 Å². The number of aromatic nitrogens is 4. The number of anilines is 2. The Balaban J connectivity index is 1.41. The van der Waals surface area contributed by atoms with Gasteiger partial charge in [-0.05, 0) is 35.1 Å². The number of aromatic amines is 1. The number of ether oxygens (including phenoxy) is 1. The van der Waals surface area contributed by atoms with E-state index in [2.05, 4.69) is 69.0 Å². The standard InChI is InChI=1S/C25H24N6OS/c1-2-11-32-20-13-22(28-14-16-5-7-17(8-6-16)21-4-3-12-33-21)31-24-23(20)18(15-29-24)19-9-10-27-25(26)30-19/h3-10,12-13,15H,2,11,14H2,1H3,(H2,26,27,30)(H2,28,29,31). The highest BCUT2D eigenvalue weighted by molar-refractivity contribution is 7.13. The first-order valence-corrected chi connectivity index (χ1v) is 11.7. The van der Waals surface area contributed by atoms with Crippen molar-refractivity contribution in [3.8, 4) is 27.4 Å². The lowest BCUT2D eigenvalue weighted by Crippen LogP contribution is -2.03. The van der Waals surface area contributed by atoms with E-state index >= 15 is 0 Å². The zero-order valence-corrected chi connectivity index (χ0v) is 19.0. The van der Waals surface area contributed by atoms with Crippen LogP contribution in [0.5, 0.6) is 5.75 Å². The first kappa shape index (κ1) is 21.0. The summed E-state index contributed by atoms with van der Waals surface area (Å²) in [4.78, 5) is 17.6. The first-order valence-electron chi connectivity index (χ1n) is 10.8. The van der Waals surface area contributed by atoms with E-state index in [0.29, 0.717) is 13.2 Å². The summed E-state index contributed by atoms with van der Waals surface area (Å²) in [6.07, 6.45) is 4.44. The van der Waals surface area contributed by atoms with E-state index in [9.17, 15) is 0 Å². The number of nitrogens with one attached hydrogen (secondary N) is 2. The number of fused-ring (bicyclic) bond motifs is 1. The van der Waals surface area contributed by atoms with E-state index in [1.165, 1.54) is 16.0 Å². The van der Waals surface area contributed by atoms with Gasteiger partial charge in [-0.2, -0.15) is 0 Å². The maximum Gasteiger partial charge on any atom is 0.220 e. The summed E-state index contributed by atoms with van der Waals surface area (Å²) < 4.78 is 6.10. The van der Waals surface area contributed by atoms with Gasteiger partial charge < -0.3 is 20.8 Å². The van der Waals surface area contributed by atoms with Gasteiger partial charge in [0.05, 0.1) is 17.7 Å². The number of nitrogens with zero attached hydrogens (tertiary/aromatic N) is 3. The Labute approximate surface area is 195 Å². The van der Waals surface area contributed by atoms with Crippen molar-refractivity contribution in [3.05, 3.63) is 71.9 Å². The number of pyridine rings is 1. The summed E-state index contributed by atoms with van der Waals surface area (Å²) in [5, 5.41) is 6.40. The minimum atomic E-state index is 0.231. The van der Waals surface area contributed by atoms with Crippen LogP contribution in [-0.4, -0.2) is 26.5 Å². The number of nitrogen functional groups attached to an aromatic ring is 1. The fraction of sp³-hybridized carbons (Fsp3) is 0.160. The molecule has 0 bridgehead atoms. The van der Waals surface area contributed by atoms with Gasteiger partial charge in [0.1, 0.15) is 17.2 Å². The third-order valence-electron chi connectivity index (χ3n) is 5.25. The van der Waals surface area contributed by atoms with Crippen LogP contribution in [0, 0.1) is 0 Å². The van der Waals surface area contributed by atoms with Gasteiger partial charge in [-0.15, -0.1) is 11.3 Å².